The van der Waals surface area contributed by atoms with Gasteiger partial charge in [-0.3, -0.25) is 4.79 Å². The Bertz CT molecular complexity index is 450. The van der Waals surface area contributed by atoms with Gasteiger partial charge in [-0.25, -0.2) is 4.79 Å². The maximum Gasteiger partial charge on any atom is 0.355 e. The van der Waals surface area contributed by atoms with Gasteiger partial charge in [-0.2, -0.15) is 0 Å². The van der Waals surface area contributed by atoms with E-state index in [4.69, 9.17) is 4.74 Å². The van der Waals surface area contributed by atoms with Crippen LogP contribution in [0.3, 0.4) is 0 Å². The first-order valence-corrected chi connectivity index (χ1v) is 7.61. The van der Waals surface area contributed by atoms with Gasteiger partial charge in [-0.1, -0.05) is 0 Å². The molecule has 1 amide bonds. The minimum absolute atomic E-state index is 0.103. The van der Waals surface area contributed by atoms with E-state index in [-0.39, 0.29) is 11.9 Å². The van der Waals surface area contributed by atoms with Crippen LogP contribution < -0.4 is 5.32 Å². The number of carbonyl (C=O) groups excluding carboxylic acids is 2. The molecule has 1 fully saturated rings. The topological polar surface area (TPSA) is 78.9 Å². The monoisotopic (exact) mass is 300 g/mol. The first kappa shape index (κ1) is 15.3. The van der Waals surface area contributed by atoms with Gasteiger partial charge in [0.25, 0.3) is 0 Å². The van der Waals surface area contributed by atoms with Gasteiger partial charge >= 0.3 is 5.97 Å². The van der Waals surface area contributed by atoms with Gasteiger partial charge in [0.05, 0.1) is 25.2 Å². The standard InChI is InChI=1S/C13H20N2O4S/c1-7(16)10-8-6-9(20-5-4-14-2)11(13(18)19-3)15(8)12(10)17/h7-8,10,14,16H,4-6H2,1-3H3/t7-,8-,10-/m1/s1. The largest absolute Gasteiger partial charge is 0.464 e. The van der Waals surface area contributed by atoms with E-state index >= 15 is 0 Å². The quantitative estimate of drug-likeness (QED) is 0.406. The summed E-state index contributed by atoms with van der Waals surface area (Å²) in [4.78, 5) is 26.4. The number of hydrogen-bond acceptors (Lipinski definition) is 6. The van der Waals surface area contributed by atoms with E-state index in [1.807, 2.05) is 7.05 Å². The van der Waals surface area contributed by atoms with E-state index in [0.717, 1.165) is 17.2 Å². The van der Waals surface area contributed by atoms with Crippen molar-refractivity contribution < 1.29 is 19.4 Å². The summed E-state index contributed by atoms with van der Waals surface area (Å²) in [6.45, 7) is 2.44. The highest BCUT2D eigenvalue weighted by molar-refractivity contribution is 8.03. The van der Waals surface area contributed by atoms with Crippen molar-refractivity contribution in [3.05, 3.63) is 10.6 Å². The Kier molecular flexibility index (Phi) is 4.72. The van der Waals surface area contributed by atoms with Crippen molar-refractivity contribution in [2.24, 2.45) is 5.92 Å². The first-order valence-electron chi connectivity index (χ1n) is 6.63. The normalized spacial score (nSPS) is 26.4. The molecule has 0 radical (unpaired) electrons. The van der Waals surface area contributed by atoms with Gasteiger partial charge in [0.15, 0.2) is 0 Å². The molecule has 1 saturated heterocycles. The second kappa shape index (κ2) is 6.15. The van der Waals surface area contributed by atoms with Crippen molar-refractivity contribution in [2.45, 2.75) is 25.5 Å². The second-order valence-electron chi connectivity index (χ2n) is 4.96. The maximum atomic E-state index is 12.1. The van der Waals surface area contributed by atoms with Crippen molar-refractivity contribution in [1.29, 1.82) is 0 Å². The van der Waals surface area contributed by atoms with Gasteiger partial charge in [0.1, 0.15) is 5.70 Å². The number of aliphatic hydroxyl groups excluding tert-OH is 1. The molecule has 0 bridgehead atoms. The third-order valence-electron chi connectivity index (χ3n) is 3.70. The minimum Gasteiger partial charge on any atom is -0.464 e. The Morgan fingerprint density at radius 1 is 1.65 bits per heavy atom. The Labute approximate surface area is 122 Å². The third-order valence-corrected chi connectivity index (χ3v) is 4.81. The zero-order valence-electron chi connectivity index (χ0n) is 11.9. The number of fused-ring (bicyclic) bond motifs is 1. The second-order valence-corrected chi connectivity index (χ2v) is 6.15. The highest BCUT2D eigenvalue weighted by atomic mass is 32.2. The Balaban J connectivity index is 2.17. The molecule has 0 aromatic carbocycles. The number of nitrogens with zero attached hydrogens (tertiary/aromatic N) is 1. The molecule has 0 saturated carbocycles. The maximum absolute atomic E-state index is 12.1. The van der Waals surface area contributed by atoms with Crippen molar-refractivity contribution in [3.8, 4) is 0 Å². The average Bonchev–Trinajstić information content (AvgIpc) is 2.72. The average molecular weight is 300 g/mol. The van der Waals surface area contributed by atoms with Crippen LogP contribution in [0.1, 0.15) is 13.3 Å². The number of carbonyl (C=O) groups is 2. The summed E-state index contributed by atoms with van der Waals surface area (Å²) in [6, 6.07) is -0.103. The van der Waals surface area contributed by atoms with E-state index in [1.165, 1.54) is 12.0 Å². The fourth-order valence-corrected chi connectivity index (χ4v) is 3.88. The number of methoxy groups -OCH3 is 1. The Morgan fingerprint density at radius 3 is 2.90 bits per heavy atom. The van der Waals surface area contributed by atoms with E-state index in [0.29, 0.717) is 12.1 Å². The van der Waals surface area contributed by atoms with Crippen LogP contribution in [0.15, 0.2) is 10.6 Å². The van der Waals surface area contributed by atoms with Crippen LogP contribution in [0, 0.1) is 5.92 Å². The van der Waals surface area contributed by atoms with Gasteiger partial charge < -0.3 is 20.1 Å². The molecule has 2 N–H and O–H groups in total. The van der Waals surface area contributed by atoms with Crippen LogP contribution in [-0.4, -0.2) is 60.5 Å². The number of amides is 1. The number of β-lactam (4-membered cyclic amide) rings is 1. The SMILES string of the molecule is CNCCSC1=C(C(=O)OC)N2C(=O)[C@H]([C@@H](C)O)[C@H]2C1. The van der Waals surface area contributed by atoms with Crippen LogP contribution in [-0.2, 0) is 14.3 Å². The lowest BCUT2D eigenvalue weighted by Crippen LogP contribution is -2.61. The number of rotatable bonds is 6. The fraction of sp³-hybridized carbons (Fsp3) is 0.692. The number of thioether (sulfide) groups is 1. The molecular formula is C13H20N2O4S. The van der Waals surface area contributed by atoms with Crippen molar-refractivity contribution in [3.63, 3.8) is 0 Å². The predicted octanol–water partition coefficient (Wildman–Crippen LogP) is -0.0649. The summed E-state index contributed by atoms with van der Waals surface area (Å²) < 4.78 is 4.79. The van der Waals surface area contributed by atoms with E-state index < -0.39 is 18.0 Å². The zero-order chi connectivity index (χ0) is 14.9. The molecule has 0 spiro atoms. The highest BCUT2D eigenvalue weighted by Crippen LogP contribution is 2.47. The summed E-state index contributed by atoms with van der Waals surface area (Å²) in [7, 11) is 3.18. The summed E-state index contributed by atoms with van der Waals surface area (Å²) in [6.07, 6.45) is -0.0653. The molecule has 0 aliphatic carbocycles. The van der Waals surface area contributed by atoms with Crippen LogP contribution in [0.5, 0.6) is 0 Å². The summed E-state index contributed by atoms with van der Waals surface area (Å²) in [5.74, 6) is -0.246. The lowest BCUT2D eigenvalue weighted by Gasteiger charge is -2.44. The molecular weight excluding hydrogens is 280 g/mol. The van der Waals surface area contributed by atoms with Gasteiger partial charge in [0, 0.05) is 23.6 Å². The number of hydrogen-bond donors (Lipinski definition) is 2. The smallest absolute Gasteiger partial charge is 0.355 e. The summed E-state index contributed by atoms with van der Waals surface area (Å²) >= 11 is 1.56. The highest BCUT2D eigenvalue weighted by Gasteiger charge is 2.56. The molecule has 2 rings (SSSR count). The molecule has 2 aliphatic heterocycles. The fourth-order valence-electron chi connectivity index (χ4n) is 2.72. The molecule has 6 nitrogen and oxygen atoms in total. The molecule has 2 heterocycles. The van der Waals surface area contributed by atoms with Gasteiger partial charge in [0.2, 0.25) is 5.91 Å². The Morgan fingerprint density at radius 2 is 2.35 bits per heavy atom. The first-order chi connectivity index (χ1) is 9.52. The van der Waals surface area contributed by atoms with Crippen LogP contribution >= 0.6 is 11.8 Å². The zero-order valence-corrected chi connectivity index (χ0v) is 12.7. The molecule has 112 valence electrons. The lowest BCUT2D eigenvalue weighted by molar-refractivity contribution is -0.161. The van der Waals surface area contributed by atoms with Gasteiger partial charge in [-0.05, 0) is 14.0 Å². The molecule has 0 aromatic heterocycles. The predicted molar refractivity (Wildman–Crippen MR) is 75.8 cm³/mol. The molecule has 3 atom stereocenters. The number of nitrogens with one attached hydrogen (secondary N) is 1. The van der Waals surface area contributed by atoms with Crippen molar-refractivity contribution in [2.75, 3.05) is 26.5 Å². The third kappa shape index (κ3) is 2.45. The molecule has 20 heavy (non-hydrogen) atoms. The molecule has 0 unspecified atom stereocenters. The number of aliphatic hydroxyl groups is 1. The van der Waals surface area contributed by atoms with Crippen LogP contribution in [0.4, 0.5) is 0 Å². The summed E-state index contributed by atoms with van der Waals surface area (Å²) in [5, 5.41) is 12.7. The number of esters is 1. The van der Waals surface area contributed by atoms with Crippen LogP contribution in [0.25, 0.3) is 0 Å². The minimum atomic E-state index is -0.690. The number of ether oxygens (including phenoxy) is 1. The molecule has 7 heteroatoms. The van der Waals surface area contributed by atoms with Crippen molar-refractivity contribution >= 4 is 23.6 Å². The van der Waals surface area contributed by atoms with Gasteiger partial charge in [-0.15, -0.1) is 11.8 Å². The summed E-state index contributed by atoms with van der Waals surface area (Å²) in [5.41, 5.74) is 0.362. The lowest BCUT2D eigenvalue weighted by atomic mass is 9.83. The molecule has 2 aliphatic rings. The van der Waals surface area contributed by atoms with Crippen LogP contribution in [0.2, 0.25) is 0 Å². The van der Waals surface area contributed by atoms with E-state index in [9.17, 15) is 14.7 Å². The van der Waals surface area contributed by atoms with E-state index in [2.05, 4.69) is 5.32 Å². The Hall–Kier alpha value is -1.05. The molecule has 0 aromatic rings. The van der Waals surface area contributed by atoms with Crippen molar-refractivity contribution in [1.82, 2.24) is 10.2 Å². The van der Waals surface area contributed by atoms with E-state index in [1.54, 1.807) is 18.7 Å².